The lowest BCUT2D eigenvalue weighted by Gasteiger charge is -2.25. The van der Waals surface area contributed by atoms with Crippen LogP contribution in [0, 0.1) is 0 Å². The van der Waals surface area contributed by atoms with Crippen molar-refractivity contribution < 1.29 is 14.3 Å². The molecule has 7 heteroatoms. The van der Waals surface area contributed by atoms with Gasteiger partial charge in [-0.1, -0.05) is 24.3 Å². The zero-order valence-electron chi connectivity index (χ0n) is 16.3. The van der Waals surface area contributed by atoms with E-state index in [9.17, 15) is 4.79 Å². The minimum atomic E-state index is -0.0523. The minimum Gasteiger partial charge on any atom is -0.493 e. The molecule has 0 fully saturated rings. The van der Waals surface area contributed by atoms with E-state index < -0.39 is 0 Å². The number of amides is 1. The minimum absolute atomic E-state index is 0.0164. The van der Waals surface area contributed by atoms with Crippen molar-refractivity contribution in [2.75, 3.05) is 20.8 Å². The van der Waals surface area contributed by atoms with E-state index in [2.05, 4.69) is 10.1 Å². The van der Waals surface area contributed by atoms with E-state index in [-0.39, 0.29) is 18.4 Å². The van der Waals surface area contributed by atoms with Crippen molar-refractivity contribution in [1.29, 1.82) is 0 Å². The number of methoxy groups -OCH3 is 1. The Hall–Kier alpha value is -3.35. The number of benzene rings is 2. The number of para-hydroxylation sites is 2. The summed E-state index contributed by atoms with van der Waals surface area (Å²) in [5.74, 6) is 1.31. The molecule has 0 N–H and O–H groups in total. The fourth-order valence-corrected chi connectivity index (χ4v) is 2.85. The largest absolute Gasteiger partial charge is 0.493 e. The predicted octanol–water partition coefficient (Wildman–Crippen LogP) is 3.26. The molecule has 3 aromatic rings. The third-order valence-corrected chi connectivity index (χ3v) is 4.68. The van der Waals surface area contributed by atoms with Gasteiger partial charge in [-0.15, -0.1) is 0 Å². The van der Waals surface area contributed by atoms with Gasteiger partial charge in [0.2, 0.25) is 5.91 Å². The molecule has 3 rings (SSSR count). The molecule has 1 heterocycles. The van der Waals surface area contributed by atoms with Gasteiger partial charge in [0.05, 0.1) is 31.9 Å². The zero-order chi connectivity index (χ0) is 19.9. The number of ether oxygens (including phenoxy) is 2. The summed E-state index contributed by atoms with van der Waals surface area (Å²) >= 11 is 0. The Bertz CT molecular complexity index is 894. The highest BCUT2D eigenvalue weighted by Crippen LogP contribution is 2.26. The highest BCUT2D eigenvalue weighted by atomic mass is 16.5. The van der Waals surface area contributed by atoms with Gasteiger partial charge in [-0.2, -0.15) is 5.10 Å². The topological polar surface area (TPSA) is 69.5 Å². The van der Waals surface area contributed by atoms with Crippen LogP contribution in [0.4, 0.5) is 0 Å². The molecule has 0 radical (unpaired) electrons. The number of hydrogen-bond acceptors (Lipinski definition) is 5. The lowest BCUT2D eigenvalue weighted by atomic mass is 10.1. The predicted molar refractivity (Wildman–Crippen MR) is 106 cm³/mol. The quantitative estimate of drug-likeness (QED) is 0.600. The van der Waals surface area contributed by atoms with E-state index in [1.54, 1.807) is 30.1 Å². The second kappa shape index (κ2) is 9.03. The number of carbonyl (C=O) groups is 1. The van der Waals surface area contributed by atoms with Crippen LogP contribution in [0.5, 0.6) is 11.5 Å². The molecule has 1 amide bonds. The Morgan fingerprint density at radius 3 is 2.50 bits per heavy atom. The van der Waals surface area contributed by atoms with Crippen LogP contribution < -0.4 is 9.47 Å². The summed E-state index contributed by atoms with van der Waals surface area (Å²) in [6.07, 6.45) is 3.43. The molecule has 2 aromatic carbocycles. The van der Waals surface area contributed by atoms with Gasteiger partial charge in [-0.05, 0) is 36.8 Å². The number of carbonyl (C=O) groups excluding carboxylic acids is 1. The van der Waals surface area contributed by atoms with Gasteiger partial charge in [-0.3, -0.25) is 4.79 Å². The Balaban J connectivity index is 1.55. The van der Waals surface area contributed by atoms with Crippen molar-refractivity contribution in [1.82, 2.24) is 19.7 Å². The average Bonchev–Trinajstić information content (AvgIpc) is 3.28. The maximum absolute atomic E-state index is 12.5. The maximum Gasteiger partial charge on any atom is 0.226 e. The lowest BCUT2D eigenvalue weighted by Crippen LogP contribution is -2.30. The molecule has 146 valence electrons. The van der Waals surface area contributed by atoms with E-state index in [0.29, 0.717) is 18.1 Å². The molecule has 0 bridgehead atoms. The van der Waals surface area contributed by atoms with Crippen molar-refractivity contribution in [3.63, 3.8) is 0 Å². The van der Waals surface area contributed by atoms with Crippen LogP contribution in [0.2, 0.25) is 0 Å². The van der Waals surface area contributed by atoms with Crippen LogP contribution in [-0.2, 0) is 4.79 Å². The molecule has 0 aliphatic heterocycles. The molecule has 0 aliphatic rings. The van der Waals surface area contributed by atoms with Gasteiger partial charge in [0.15, 0.2) is 11.5 Å². The van der Waals surface area contributed by atoms with Gasteiger partial charge in [0.25, 0.3) is 0 Å². The molecular formula is C21H24N4O3. The summed E-state index contributed by atoms with van der Waals surface area (Å²) in [5.41, 5.74) is 1.97. The van der Waals surface area contributed by atoms with Gasteiger partial charge >= 0.3 is 0 Å². The first kappa shape index (κ1) is 19.4. The first-order valence-electron chi connectivity index (χ1n) is 9.06. The summed E-state index contributed by atoms with van der Waals surface area (Å²) in [5, 5.41) is 4.11. The number of nitrogens with zero attached hydrogens (tertiary/aromatic N) is 4. The monoisotopic (exact) mass is 380 g/mol. The van der Waals surface area contributed by atoms with Gasteiger partial charge in [0, 0.05) is 7.05 Å². The second-order valence-corrected chi connectivity index (χ2v) is 6.36. The van der Waals surface area contributed by atoms with Crippen molar-refractivity contribution in [2.24, 2.45) is 0 Å². The van der Waals surface area contributed by atoms with Crippen LogP contribution in [0.25, 0.3) is 5.69 Å². The van der Waals surface area contributed by atoms with Crippen molar-refractivity contribution >= 4 is 5.91 Å². The Labute approximate surface area is 164 Å². The SMILES string of the molecule is COc1ccccc1OCCC(=O)N(C)C(C)c1ccc(-n2cncn2)cc1. The van der Waals surface area contributed by atoms with Gasteiger partial charge in [0.1, 0.15) is 12.7 Å². The van der Waals surface area contributed by atoms with Crippen LogP contribution in [0.15, 0.2) is 61.2 Å². The first-order chi connectivity index (χ1) is 13.6. The van der Waals surface area contributed by atoms with E-state index in [1.807, 2.05) is 55.5 Å². The summed E-state index contributed by atoms with van der Waals surface area (Å²) < 4.78 is 12.6. The van der Waals surface area contributed by atoms with Crippen molar-refractivity contribution in [3.8, 4) is 17.2 Å². The van der Waals surface area contributed by atoms with E-state index in [0.717, 1.165) is 11.3 Å². The third-order valence-electron chi connectivity index (χ3n) is 4.68. The fourth-order valence-electron chi connectivity index (χ4n) is 2.85. The van der Waals surface area contributed by atoms with Crippen molar-refractivity contribution in [2.45, 2.75) is 19.4 Å². The van der Waals surface area contributed by atoms with Crippen molar-refractivity contribution in [3.05, 3.63) is 66.7 Å². The van der Waals surface area contributed by atoms with Gasteiger partial charge < -0.3 is 14.4 Å². The van der Waals surface area contributed by atoms with Crippen LogP contribution >= 0.6 is 0 Å². The summed E-state index contributed by atoms with van der Waals surface area (Å²) in [6, 6.07) is 15.3. The van der Waals surface area contributed by atoms with E-state index in [4.69, 9.17) is 9.47 Å². The molecule has 1 aromatic heterocycles. The maximum atomic E-state index is 12.5. The fraction of sp³-hybridized carbons (Fsp3) is 0.286. The highest BCUT2D eigenvalue weighted by Gasteiger charge is 2.17. The lowest BCUT2D eigenvalue weighted by molar-refractivity contribution is -0.132. The molecule has 0 saturated carbocycles. The average molecular weight is 380 g/mol. The molecule has 0 spiro atoms. The Morgan fingerprint density at radius 1 is 1.14 bits per heavy atom. The zero-order valence-corrected chi connectivity index (χ0v) is 16.3. The molecule has 1 unspecified atom stereocenters. The normalized spacial score (nSPS) is 11.7. The van der Waals surface area contributed by atoms with Gasteiger partial charge in [-0.25, -0.2) is 9.67 Å². The molecule has 7 nitrogen and oxygen atoms in total. The summed E-state index contributed by atoms with van der Waals surface area (Å²) in [7, 11) is 3.40. The molecule has 0 saturated heterocycles. The Morgan fingerprint density at radius 2 is 1.86 bits per heavy atom. The van der Waals surface area contributed by atoms with Crippen LogP contribution in [0.3, 0.4) is 0 Å². The Kier molecular flexibility index (Phi) is 6.26. The molecule has 28 heavy (non-hydrogen) atoms. The van der Waals surface area contributed by atoms with E-state index >= 15 is 0 Å². The molecule has 1 atom stereocenters. The number of aromatic nitrogens is 3. The van der Waals surface area contributed by atoms with E-state index in [1.165, 1.54) is 6.33 Å². The number of rotatable bonds is 8. The summed E-state index contributed by atoms with van der Waals surface area (Å²) in [6.45, 7) is 2.30. The molecule has 0 aliphatic carbocycles. The smallest absolute Gasteiger partial charge is 0.226 e. The first-order valence-corrected chi connectivity index (χ1v) is 9.06. The highest BCUT2D eigenvalue weighted by molar-refractivity contribution is 5.76. The van der Waals surface area contributed by atoms with Crippen LogP contribution in [-0.4, -0.2) is 46.3 Å². The number of hydrogen-bond donors (Lipinski definition) is 0. The third kappa shape index (κ3) is 4.49. The standard InChI is InChI=1S/C21H24N4O3/c1-16(17-8-10-18(11-9-17)25-15-22-14-23-25)24(2)21(26)12-13-28-20-7-5-4-6-19(20)27-3/h4-11,14-16H,12-13H2,1-3H3. The van der Waals surface area contributed by atoms with Crippen LogP contribution in [0.1, 0.15) is 24.9 Å². The second-order valence-electron chi connectivity index (χ2n) is 6.36. The summed E-state index contributed by atoms with van der Waals surface area (Å²) in [4.78, 5) is 18.2. The molecular weight excluding hydrogens is 356 g/mol.